The number of aromatic nitrogens is 2. The van der Waals surface area contributed by atoms with Gasteiger partial charge in [-0.1, -0.05) is 12.1 Å². The van der Waals surface area contributed by atoms with E-state index in [1.165, 1.54) is 5.69 Å². The zero-order valence-corrected chi connectivity index (χ0v) is 11.2. The Labute approximate surface area is 108 Å². The SMILES string of the molecule is CN(C)c1cccc(C(N)Cc2nccn2C)c1. The second kappa shape index (κ2) is 5.23. The van der Waals surface area contributed by atoms with Gasteiger partial charge >= 0.3 is 0 Å². The lowest BCUT2D eigenvalue weighted by atomic mass is 10.0. The lowest BCUT2D eigenvalue weighted by molar-refractivity contribution is 0.659. The van der Waals surface area contributed by atoms with E-state index in [-0.39, 0.29) is 6.04 Å². The van der Waals surface area contributed by atoms with Gasteiger partial charge in [-0.15, -0.1) is 0 Å². The van der Waals surface area contributed by atoms with Gasteiger partial charge in [-0.25, -0.2) is 4.98 Å². The van der Waals surface area contributed by atoms with Crippen LogP contribution in [-0.2, 0) is 13.5 Å². The average molecular weight is 244 g/mol. The summed E-state index contributed by atoms with van der Waals surface area (Å²) in [5.74, 6) is 1.01. The van der Waals surface area contributed by atoms with Crippen LogP contribution >= 0.6 is 0 Å². The Morgan fingerprint density at radius 1 is 1.39 bits per heavy atom. The summed E-state index contributed by atoms with van der Waals surface area (Å²) >= 11 is 0. The fraction of sp³-hybridized carbons (Fsp3) is 0.357. The van der Waals surface area contributed by atoms with Gasteiger partial charge < -0.3 is 15.2 Å². The van der Waals surface area contributed by atoms with Gasteiger partial charge in [0.1, 0.15) is 5.82 Å². The number of hydrogen-bond acceptors (Lipinski definition) is 3. The predicted molar refractivity (Wildman–Crippen MR) is 74.6 cm³/mol. The van der Waals surface area contributed by atoms with Crippen LogP contribution in [0.3, 0.4) is 0 Å². The highest BCUT2D eigenvalue weighted by atomic mass is 15.1. The molecule has 1 atom stereocenters. The van der Waals surface area contributed by atoms with Crippen molar-refractivity contribution in [2.24, 2.45) is 12.8 Å². The molecular weight excluding hydrogens is 224 g/mol. The maximum absolute atomic E-state index is 6.25. The van der Waals surface area contributed by atoms with E-state index in [0.717, 1.165) is 17.8 Å². The molecule has 2 N–H and O–H groups in total. The number of benzene rings is 1. The maximum atomic E-state index is 6.25. The minimum atomic E-state index is -0.0222. The number of hydrogen-bond donors (Lipinski definition) is 1. The average Bonchev–Trinajstić information content (AvgIpc) is 2.75. The van der Waals surface area contributed by atoms with Crippen LogP contribution < -0.4 is 10.6 Å². The van der Waals surface area contributed by atoms with Crippen molar-refractivity contribution in [3.05, 3.63) is 48.0 Å². The highest BCUT2D eigenvalue weighted by molar-refractivity contribution is 5.47. The maximum Gasteiger partial charge on any atom is 0.110 e. The molecule has 2 aromatic rings. The molecule has 0 fully saturated rings. The Bertz CT molecular complexity index is 516. The summed E-state index contributed by atoms with van der Waals surface area (Å²) in [5, 5.41) is 0. The van der Waals surface area contributed by atoms with Crippen LogP contribution in [0.1, 0.15) is 17.4 Å². The lowest BCUT2D eigenvalue weighted by Gasteiger charge is -2.17. The standard InChI is InChI=1S/C14H20N4/c1-17(2)12-6-4-5-11(9-12)13(15)10-14-16-7-8-18(14)3/h4-9,13H,10,15H2,1-3H3. The summed E-state index contributed by atoms with van der Waals surface area (Å²) in [4.78, 5) is 6.39. The van der Waals surface area contributed by atoms with E-state index < -0.39 is 0 Å². The molecule has 1 unspecified atom stereocenters. The molecule has 0 saturated heterocycles. The molecule has 18 heavy (non-hydrogen) atoms. The van der Waals surface area contributed by atoms with E-state index in [4.69, 9.17) is 5.73 Å². The molecule has 0 radical (unpaired) electrons. The fourth-order valence-corrected chi connectivity index (χ4v) is 1.94. The largest absolute Gasteiger partial charge is 0.378 e. The van der Waals surface area contributed by atoms with E-state index in [1.54, 1.807) is 6.20 Å². The molecule has 0 spiro atoms. The van der Waals surface area contributed by atoms with Gasteiger partial charge in [-0.2, -0.15) is 0 Å². The van der Waals surface area contributed by atoms with Crippen molar-refractivity contribution in [3.8, 4) is 0 Å². The summed E-state index contributed by atoms with van der Waals surface area (Å²) in [6, 6.07) is 8.31. The number of aryl methyl sites for hydroxylation is 1. The zero-order valence-electron chi connectivity index (χ0n) is 11.2. The first-order valence-corrected chi connectivity index (χ1v) is 6.07. The summed E-state index contributed by atoms with van der Waals surface area (Å²) < 4.78 is 2.01. The van der Waals surface area contributed by atoms with Crippen molar-refractivity contribution < 1.29 is 0 Å². The molecule has 0 aliphatic rings. The molecule has 1 aromatic carbocycles. The van der Waals surface area contributed by atoms with E-state index in [2.05, 4.69) is 28.1 Å². The minimum absolute atomic E-state index is 0.0222. The van der Waals surface area contributed by atoms with Gasteiger partial charge in [0.25, 0.3) is 0 Å². The quantitative estimate of drug-likeness (QED) is 0.891. The molecule has 0 aliphatic heterocycles. The fourth-order valence-electron chi connectivity index (χ4n) is 1.94. The van der Waals surface area contributed by atoms with Gasteiger partial charge in [0, 0.05) is 51.7 Å². The predicted octanol–water partition coefficient (Wildman–Crippen LogP) is 1.73. The Balaban J connectivity index is 2.16. The van der Waals surface area contributed by atoms with Crippen LogP contribution in [0.5, 0.6) is 0 Å². The van der Waals surface area contributed by atoms with Crippen LogP contribution in [0.4, 0.5) is 5.69 Å². The minimum Gasteiger partial charge on any atom is -0.378 e. The Kier molecular flexibility index (Phi) is 3.67. The van der Waals surface area contributed by atoms with Crippen molar-refractivity contribution in [2.45, 2.75) is 12.5 Å². The van der Waals surface area contributed by atoms with Gasteiger partial charge in [-0.3, -0.25) is 0 Å². The third-order valence-electron chi connectivity index (χ3n) is 3.14. The van der Waals surface area contributed by atoms with Gasteiger partial charge in [0.15, 0.2) is 0 Å². The number of imidazole rings is 1. The molecule has 1 aromatic heterocycles. The van der Waals surface area contributed by atoms with Crippen molar-refractivity contribution in [3.63, 3.8) is 0 Å². The normalized spacial score (nSPS) is 12.4. The summed E-state index contributed by atoms with van der Waals surface area (Å²) in [7, 11) is 6.05. The first-order chi connectivity index (χ1) is 8.58. The van der Waals surface area contributed by atoms with Crippen LogP contribution in [0.2, 0.25) is 0 Å². The lowest BCUT2D eigenvalue weighted by Crippen LogP contribution is -2.17. The number of anilines is 1. The monoisotopic (exact) mass is 244 g/mol. The first kappa shape index (κ1) is 12.6. The second-order valence-corrected chi connectivity index (χ2v) is 4.75. The molecule has 0 bridgehead atoms. The number of nitrogens with zero attached hydrogens (tertiary/aromatic N) is 3. The van der Waals surface area contributed by atoms with Crippen molar-refractivity contribution in [1.29, 1.82) is 0 Å². The third kappa shape index (κ3) is 2.71. The first-order valence-electron chi connectivity index (χ1n) is 6.07. The highest BCUT2D eigenvalue weighted by Crippen LogP contribution is 2.20. The van der Waals surface area contributed by atoms with Crippen LogP contribution in [0, 0.1) is 0 Å². The van der Waals surface area contributed by atoms with E-state index in [1.807, 2.05) is 38.0 Å². The van der Waals surface area contributed by atoms with Crippen LogP contribution in [0.15, 0.2) is 36.7 Å². The van der Waals surface area contributed by atoms with Gasteiger partial charge in [0.05, 0.1) is 0 Å². The molecule has 0 amide bonds. The smallest absolute Gasteiger partial charge is 0.110 e. The summed E-state index contributed by atoms with van der Waals surface area (Å²) in [6.07, 6.45) is 4.50. The third-order valence-corrected chi connectivity index (χ3v) is 3.14. The van der Waals surface area contributed by atoms with Crippen LogP contribution in [-0.4, -0.2) is 23.6 Å². The molecule has 0 saturated carbocycles. The van der Waals surface area contributed by atoms with E-state index in [0.29, 0.717) is 0 Å². The second-order valence-electron chi connectivity index (χ2n) is 4.75. The van der Waals surface area contributed by atoms with E-state index >= 15 is 0 Å². The summed E-state index contributed by atoms with van der Waals surface area (Å²) in [6.45, 7) is 0. The van der Waals surface area contributed by atoms with Gasteiger partial charge in [0.2, 0.25) is 0 Å². The number of nitrogens with two attached hydrogens (primary N) is 1. The highest BCUT2D eigenvalue weighted by Gasteiger charge is 2.10. The van der Waals surface area contributed by atoms with Crippen molar-refractivity contribution in [1.82, 2.24) is 9.55 Å². The Hall–Kier alpha value is -1.81. The number of rotatable bonds is 4. The Morgan fingerprint density at radius 2 is 2.17 bits per heavy atom. The molecule has 2 rings (SSSR count). The topological polar surface area (TPSA) is 47.1 Å². The molecular formula is C14H20N4. The van der Waals surface area contributed by atoms with Crippen molar-refractivity contribution >= 4 is 5.69 Å². The van der Waals surface area contributed by atoms with E-state index in [9.17, 15) is 0 Å². The molecule has 1 heterocycles. The van der Waals surface area contributed by atoms with Crippen molar-refractivity contribution in [2.75, 3.05) is 19.0 Å². The van der Waals surface area contributed by atoms with Gasteiger partial charge in [-0.05, 0) is 17.7 Å². The molecule has 4 nitrogen and oxygen atoms in total. The van der Waals surface area contributed by atoms with Crippen LogP contribution in [0.25, 0.3) is 0 Å². The Morgan fingerprint density at radius 3 is 2.78 bits per heavy atom. The zero-order chi connectivity index (χ0) is 13.1. The molecule has 4 heteroatoms. The molecule has 0 aliphatic carbocycles. The molecule has 96 valence electrons. The summed E-state index contributed by atoms with van der Waals surface area (Å²) in [5.41, 5.74) is 8.56.